The van der Waals surface area contributed by atoms with Crippen LogP contribution >= 0.6 is 11.6 Å². The van der Waals surface area contributed by atoms with Gasteiger partial charge in [0.1, 0.15) is 5.82 Å². The summed E-state index contributed by atoms with van der Waals surface area (Å²) in [4.78, 5) is 0. The molecule has 4 rings (SSSR count). The Bertz CT molecular complexity index is 849. The third-order valence-electron chi connectivity index (χ3n) is 5.22. The summed E-state index contributed by atoms with van der Waals surface area (Å²) >= 11 is 6.01. The van der Waals surface area contributed by atoms with E-state index in [2.05, 4.69) is 16.0 Å². The van der Waals surface area contributed by atoms with Gasteiger partial charge in [-0.1, -0.05) is 17.7 Å². The predicted octanol–water partition coefficient (Wildman–Crippen LogP) is 4.98. The molecule has 0 unspecified atom stereocenters. The Balaban J connectivity index is 1.68. The summed E-state index contributed by atoms with van der Waals surface area (Å²) in [5, 5.41) is 9.44. The summed E-state index contributed by atoms with van der Waals surface area (Å²) in [7, 11) is 0. The van der Waals surface area contributed by atoms with Crippen LogP contribution in [0.4, 0.5) is 28.9 Å². The summed E-state index contributed by atoms with van der Waals surface area (Å²) in [5.74, 6) is -0.515. The maximum absolute atomic E-state index is 13.9. The van der Waals surface area contributed by atoms with Crippen molar-refractivity contribution >= 4 is 23.0 Å². The highest BCUT2D eigenvalue weighted by Gasteiger charge is 2.42. The second-order valence-corrected chi connectivity index (χ2v) is 7.30. The van der Waals surface area contributed by atoms with Gasteiger partial charge in [-0.05, 0) is 42.8 Å². The molecule has 0 bridgehead atoms. The molecule has 2 aromatic rings. The molecule has 0 radical (unpaired) electrons. The van der Waals surface area contributed by atoms with Gasteiger partial charge in [0.15, 0.2) is 0 Å². The van der Waals surface area contributed by atoms with E-state index in [0.717, 1.165) is 19.0 Å². The van der Waals surface area contributed by atoms with Crippen molar-refractivity contribution in [1.82, 2.24) is 5.32 Å². The standard InChI is InChI=1S/C19H18ClF4N3/c20-15-2-1-3-16(21)13(15)9-26-10-6-11-12-8-25-5-4-17(12)27-18(11)14(7-10)19(22,23)24/h1-3,6-7,12,17,25-27H,4-5,8-9H2/t12-,17-/m0/s1. The van der Waals surface area contributed by atoms with Crippen LogP contribution in [0.1, 0.15) is 29.0 Å². The van der Waals surface area contributed by atoms with Crippen molar-refractivity contribution in [3.05, 3.63) is 57.9 Å². The van der Waals surface area contributed by atoms with Crippen LogP contribution in [0.25, 0.3) is 0 Å². The number of alkyl halides is 3. The van der Waals surface area contributed by atoms with Gasteiger partial charge in [0, 0.05) is 41.3 Å². The third kappa shape index (κ3) is 3.46. The summed E-state index contributed by atoms with van der Waals surface area (Å²) in [6.07, 6.45) is -3.71. The van der Waals surface area contributed by atoms with E-state index in [1.165, 1.54) is 12.1 Å². The van der Waals surface area contributed by atoms with Gasteiger partial charge in [-0.15, -0.1) is 0 Å². The lowest BCUT2D eigenvalue weighted by Crippen LogP contribution is -2.38. The minimum absolute atomic E-state index is 0.00128. The van der Waals surface area contributed by atoms with E-state index in [9.17, 15) is 17.6 Å². The molecule has 2 aliphatic rings. The van der Waals surface area contributed by atoms with Gasteiger partial charge in [0.2, 0.25) is 0 Å². The average Bonchev–Trinajstić information content (AvgIpc) is 2.98. The molecule has 2 atom stereocenters. The van der Waals surface area contributed by atoms with Crippen molar-refractivity contribution in [2.24, 2.45) is 0 Å². The van der Waals surface area contributed by atoms with Gasteiger partial charge in [0.25, 0.3) is 0 Å². The minimum atomic E-state index is -4.48. The van der Waals surface area contributed by atoms with E-state index in [0.29, 0.717) is 17.8 Å². The number of fused-ring (bicyclic) bond motifs is 3. The number of benzene rings is 2. The molecular formula is C19H18ClF4N3. The van der Waals surface area contributed by atoms with Crippen LogP contribution in [-0.2, 0) is 12.7 Å². The average molecular weight is 400 g/mol. The maximum Gasteiger partial charge on any atom is 0.418 e. The van der Waals surface area contributed by atoms with Gasteiger partial charge >= 0.3 is 6.18 Å². The summed E-state index contributed by atoms with van der Waals surface area (Å²) in [6, 6.07) is 7.11. The number of rotatable bonds is 3. The number of hydrogen-bond donors (Lipinski definition) is 3. The molecule has 2 aliphatic heterocycles. The second kappa shape index (κ2) is 6.87. The monoisotopic (exact) mass is 399 g/mol. The molecular weight excluding hydrogens is 382 g/mol. The highest BCUT2D eigenvalue weighted by atomic mass is 35.5. The lowest BCUT2D eigenvalue weighted by atomic mass is 9.89. The zero-order valence-electron chi connectivity index (χ0n) is 14.3. The van der Waals surface area contributed by atoms with E-state index >= 15 is 0 Å². The number of hydrogen-bond acceptors (Lipinski definition) is 3. The fraction of sp³-hybridized carbons (Fsp3) is 0.368. The highest BCUT2D eigenvalue weighted by molar-refractivity contribution is 6.31. The Morgan fingerprint density at radius 3 is 2.78 bits per heavy atom. The van der Waals surface area contributed by atoms with Gasteiger partial charge < -0.3 is 16.0 Å². The largest absolute Gasteiger partial charge is 0.418 e. The summed E-state index contributed by atoms with van der Waals surface area (Å²) in [6.45, 7) is 1.41. The van der Waals surface area contributed by atoms with Crippen LogP contribution in [0.2, 0.25) is 5.02 Å². The van der Waals surface area contributed by atoms with Gasteiger partial charge in [-0.2, -0.15) is 13.2 Å². The molecule has 0 spiro atoms. The van der Waals surface area contributed by atoms with Crippen molar-refractivity contribution in [3.8, 4) is 0 Å². The normalized spacial score (nSPS) is 21.4. The fourth-order valence-corrected chi connectivity index (χ4v) is 4.11. The van der Waals surface area contributed by atoms with Crippen LogP contribution in [0, 0.1) is 5.82 Å². The second-order valence-electron chi connectivity index (χ2n) is 6.89. The maximum atomic E-state index is 13.9. The first-order valence-corrected chi connectivity index (χ1v) is 9.11. The van der Waals surface area contributed by atoms with Crippen LogP contribution in [0.15, 0.2) is 30.3 Å². The Morgan fingerprint density at radius 1 is 1.22 bits per heavy atom. The molecule has 144 valence electrons. The molecule has 0 saturated carbocycles. The molecule has 0 amide bonds. The van der Waals surface area contributed by atoms with E-state index in [1.807, 2.05) is 0 Å². The fourth-order valence-electron chi connectivity index (χ4n) is 3.88. The SMILES string of the molecule is Fc1cccc(Cl)c1CNc1cc2c(c(C(F)(F)F)c1)N[C@H]1CCNC[C@@H]21. The van der Waals surface area contributed by atoms with Crippen LogP contribution in [0.3, 0.4) is 0 Å². The molecule has 8 heteroatoms. The molecule has 3 nitrogen and oxygen atoms in total. The molecule has 3 N–H and O–H groups in total. The lowest BCUT2D eigenvalue weighted by Gasteiger charge is -2.26. The Hall–Kier alpha value is -1.99. The lowest BCUT2D eigenvalue weighted by molar-refractivity contribution is -0.136. The molecule has 1 saturated heterocycles. The third-order valence-corrected chi connectivity index (χ3v) is 5.57. The first kappa shape index (κ1) is 18.4. The number of anilines is 2. The van der Waals surface area contributed by atoms with Crippen LogP contribution < -0.4 is 16.0 Å². The van der Waals surface area contributed by atoms with Gasteiger partial charge in [-0.3, -0.25) is 0 Å². The summed E-state index contributed by atoms with van der Waals surface area (Å²) in [5.41, 5.74) is 0.633. The highest BCUT2D eigenvalue weighted by Crippen LogP contribution is 2.47. The smallest absolute Gasteiger partial charge is 0.381 e. The van der Waals surface area contributed by atoms with Crippen molar-refractivity contribution in [2.45, 2.75) is 31.1 Å². The first-order chi connectivity index (χ1) is 12.8. The van der Waals surface area contributed by atoms with E-state index in [-0.39, 0.29) is 34.8 Å². The summed E-state index contributed by atoms with van der Waals surface area (Å²) < 4.78 is 54.8. The van der Waals surface area contributed by atoms with E-state index in [4.69, 9.17) is 11.6 Å². The van der Waals surface area contributed by atoms with Crippen molar-refractivity contribution in [3.63, 3.8) is 0 Å². The number of nitrogens with one attached hydrogen (secondary N) is 3. The topological polar surface area (TPSA) is 36.1 Å². The zero-order chi connectivity index (χ0) is 19.2. The molecule has 1 fully saturated rings. The van der Waals surface area contributed by atoms with Crippen molar-refractivity contribution in [1.29, 1.82) is 0 Å². The van der Waals surface area contributed by atoms with Gasteiger partial charge in [0.05, 0.1) is 11.3 Å². The van der Waals surface area contributed by atoms with E-state index < -0.39 is 17.6 Å². The molecule has 27 heavy (non-hydrogen) atoms. The predicted molar refractivity (Wildman–Crippen MR) is 97.8 cm³/mol. The molecule has 0 aromatic heterocycles. The van der Waals surface area contributed by atoms with Crippen molar-refractivity contribution < 1.29 is 17.6 Å². The first-order valence-electron chi connectivity index (χ1n) is 8.74. The van der Waals surface area contributed by atoms with Crippen LogP contribution in [-0.4, -0.2) is 19.1 Å². The molecule has 0 aliphatic carbocycles. The number of piperidine rings is 1. The molecule has 2 heterocycles. The zero-order valence-corrected chi connectivity index (χ0v) is 15.0. The Kier molecular flexibility index (Phi) is 4.68. The minimum Gasteiger partial charge on any atom is -0.381 e. The van der Waals surface area contributed by atoms with E-state index in [1.54, 1.807) is 12.1 Å². The number of halogens is 5. The quantitative estimate of drug-likeness (QED) is 0.637. The van der Waals surface area contributed by atoms with Gasteiger partial charge in [-0.25, -0.2) is 4.39 Å². The Morgan fingerprint density at radius 2 is 2.04 bits per heavy atom. The molecule has 2 aromatic carbocycles. The van der Waals surface area contributed by atoms with Crippen LogP contribution in [0.5, 0.6) is 0 Å². The Labute approximate surface area is 159 Å². The van der Waals surface area contributed by atoms with Crippen molar-refractivity contribution in [2.75, 3.05) is 23.7 Å².